The molecule has 252 valence electrons. The summed E-state index contributed by atoms with van der Waals surface area (Å²) >= 11 is 0. The van der Waals surface area contributed by atoms with Crippen LogP contribution >= 0.6 is 0 Å². The van der Waals surface area contributed by atoms with Gasteiger partial charge < -0.3 is 44.1 Å². The van der Waals surface area contributed by atoms with E-state index in [4.69, 9.17) is 23.7 Å². The van der Waals surface area contributed by atoms with Crippen LogP contribution in [0.15, 0.2) is 23.8 Å². The Balaban J connectivity index is 1.13. The Labute approximate surface area is 266 Å². The number of hydrogen-bond donors (Lipinski definition) is 4. The molecular weight excluding hydrogens is 580 g/mol. The van der Waals surface area contributed by atoms with E-state index in [1.807, 2.05) is 0 Å². The van der Waals surface area contributed by atoms with Crippen LogP contribution in [-0.4, -0.2) is 94.4 Å². The molecule has 1 spiro atoms. The minimum absolute atomic E-state index is 0.147. The van der Waals surface area contributed by atoms with Crippen molar-refractivity contribution in [1.29, 1.82) is 0 Å². The van der Waals surface area contributed by atoms with Gasteiger partial charge in [0, 0.05) is 31.1 Å². The molecule has 0 aromatic heterocycles. The van der Waals surface area contributed by atoms with Crippen molar-refractivity contribution in [2.24, 2.45) is 40.4 Å². The van der Waals surface area contributed by atoms with Crippen molar-refractivity contribution in [1.82, 2.24) is 0 Å². The number of rotatable bonds is 4. The molecule has 10 nitrogen and oxygen atoms in total. The number of aliphatic hydroxyl groups excluding tert-OH is 4. The molecule has 0 aromatic carbocycles. The third kappa shape index (κ3) is 4.84. The summed E-state index contributed by atoms with van der Waals surface area (Å²) < 4.78 is 31.3. The Kier molecular flexibility index (Phi) is 8.13. The molecule has 3 aliphatic heterocycles. The van der Waals surface area contributed by atoms with Crippen molar-refractivity contribution in [2.45, 2.75) is 134 Å². The highest BCUT2D eigenvalue weighted by Gasteiger charge is 2.69. The van der Waals surface area contributed by atoms with Crippen molar-refractivity contribution in [3.05, 3.63) is 23.8 Å². The Morgan fingerprint density at radius 3 is 2.58 bits per heavy atom. The van der Waals surface area contributed by atoms with Gasteiger partial charge in [-0.3, -0.25) is 4.79 Å². The molecule has 3 heterocycles. The summed E-state index contributed by atoms with van der Waals surface area (Å²) in [5.74, 6) is 1.21. The number of fused-ring (bicyclic) bond motifs is 7. The minimum Gasteiger partial charge on any atom is -0.462 e. The van der Waals surface area contributed by atoms with Gasteiger partial charge in [-0.2, -0.15) is 0 Å². The lowest BCUT2D eigenvalue weighted by atomic mass is 9.46. The highest BCUT2D eigenvalue weighted by molar-refractivity contribution is 5.66. The van der Waals surface area contributed by atoms with Crippen LogP contribution < -0.4 is 0 Å². The maximum absolute atomic E-state index is 12.5. The fourth-order valence-corrected chi connectivity index (χ4v) is 11.4. The van der Waals surface area contributed by atoms with Gasteiger partial charge in [0.25, 0.3) is 0 Å². The van der Waals surface area contributed by atoms with Gasteiger partial charge in [-0.1, -0.05) is 44.6 Å². The first-order valence-electron chi connectivity index (χ1n) is 17.1. The topological polar surface area (TPSA) is 144 Å². The molecule has 3 saturated heterocycles. The predicted molar refractivity (Wildman–Crippen MR) is 161 cm³/mol. The van der Waals surface area contributed by atoms with E-state index < -0.39 is 55.3 Å². The van der Waals surface area contributed by atoms with E-state index in [9.17, 15) is 25.2 Å². The Morgan fingerprint density at radius 1 is 1.11 bits per heavy atom. The molecule has 0 amide bonds. The van der Waals surface area contributed by atoms with E-state index in [2.05, 4.69) is 33.4 Å². The van der Waals surface area contributed by atoms with Gasteiger partial charge in [-0.05, 0) is 67.6 Å². The Morgan fingerprint density at radius 2 is 1.89 bits per heavy atom. The first kappa shape index (κ1) is 32.2. The van der Waals surface area contributed by atoms with Crippen molar-refractivity contribution >= 4 is 5.97 Å². The molecule has 6 fully saturated rings. The number of hydrogen-bond acceptors (Lipinski definition) is 10. The third-order valence-electron chi connectivity index (χ3n) is 13.6. The average molecular weight is 633 g/mol. The largest absolute Gasteiger partial charge is 0.462 e. The van der Waals surface area contributed by atoms with Crippen LogP contribution in [0.3, 0.4) is 0 Å². The van der Waals surface area contributed by atoms with E-state index in [0.29, 0.717) is 49.0 Å². The summed E-state index contributed by atoms with van der Waals surface area (Å²) in [5, 5.41) is 40.8. The van der Waals surface area contributed by atoms with Crippen molar-refractivity contribution in [2.75, 3.05) is 13.2 Å². The van der Waals surface area contributed by atoms with Crippen molar-refractivity contribution in [3.8, 4) is 0 Å². The second kappa shape index (κ2) is 11.4. The number of esters is 1. The number of carbonyl (C=O) groups is 1. The van der Waals surface area contributed by atoms with Crippen LogP contribution in [0.4, 0.5) is 0 Å². The van der Waals surface area contributed by atoms with E-state index in [1.165, 1.54) is 12.5 Å². The molecule has 16 atom stereocenters. The molecule has 16 unspecified atom stereocenters. The van der Waals surface area contributed by atoms with E-state index in [1.54, 1.807) is 0 Å². The minimum atomic E-state index is -1.51. The first-order chi connectivity index (χ1) is 21.3. The predicted octanol–water partition coefficient (Wildman–Crippen LogP) is 3.00. The molecule has 4 aliphatic carbocycles. The van der Waals surface area contributed by atoms with Crippen LogP contribution in [0.25, 0.3) is 0 Å². The first-order valence-corrected chi connectivity index (χ1v) is 17.1. The molecule has 10 heteroatoms. The quantitative estimate of drug-likeness (QED) is 0.270. The summed E-state index contributed by atoms with van der Waals surface area (Å²) in [7, 11) is 0. The molecule has 3 saturated carbocycles. The summed E-state index contributed by atoms with van der Waals surface area (Å²) in [5.41, 5.74) is 2.14. The monoisotopic (exact) mass is 632 g/mol. The Hall–Kier alpha value is -1.37. The van der Waals surface area contributed by atoms with Crippen molar-refractivity contribution in [3.63, 3.8) is 0 Å². The standard InChI is InChI=1S/C35H52O10/c1-17-8-11-35(41-16-17)18(2)28-25(45-35)14-24-22-7-6-20-12-21(43-32-31(40)30(39)29(38)26(15-36)44-32)13-27(42-19(3)37)34(20,5)23(22)9-10-33(24,28)4/h6,18,21-32,36,38-40H,1,7-16H2,2-5H3. The number of aliphatic hydroxyl groups is 4. The molecule has 0 radical (unpaired) electrons. The van der Waals surface area contributed by atoms with E-state index in [-0.39, 0.29) is 22.9 Å². The highest BCUT2D eigenvalue weighted by Crippen LogP contribution is 2.71. The zero-order valence-electron chi connectivity index (χ0n) is 27.1. The van der Waals surface area contributed by atoms with Gasteiger partial charge >= 0.3 is 5.97 Å². The van der Waals surface area contributed by atoms with Crippen LogP contribution in [-0.2, 0) is 28.5 Å². The lowest BCUT2D eigenvalue weighted by molar-refractivity contribution is -0.315. The number of ether oxygens (including phenoxy) is 5. The van der Waals surface area contributed by atoms with Gasteiger partial charge in [-0.15, -0.1) is 0 Å². The van der Waals surface area contributed by atoms with Gasteiger partial charge in [0.15, 0.2) is 12.1 Å². The molecule has 0 bridgehead atoms. The lowest BCUT2D eigenvalue weighted by Crippen LogP contribution is -2.61. The van der Waals surface area contributed by atoms with Gasteiger partial charge in [0.2, 0.25) is 0 Å². The van der Waals surface area contributed by atoms with Crippen LogP contribution in [0.1, 0.15) is 79.1 Å². The summed E-state index contributed by atoms with van der Waals surface area (Å²) in [6, 6.07) is 0. The number of carbonyl (C=O) groups excluding carboxylic acids is 1. The molecular formula is C35H52O10. The molecule has 0 aromatic rings. The van der Waals surface area contributed by atoms with E-state index in [0.717, 1.165) is 44.1 Å². The molecule has 45 heavy (non-hydrogen) atoms. The van der Waals surface area contributed by atoms with Crippen LogP contribution in [0, 0.1) is 40.4 Å². The molecule has 7 aliphatic rings. The third-order valence-corrected chi connectivity index (χ3v) is 13.6. The SMILES string of the molecule is C=C1CCC2(OC1)OC1CC3C4CC=C5CC(OC6OC(CO)C(O)C(O)C6O)CC(OC(C)=O)C5(C)C4CCC3(C)C1C2C. The smallest absolute Gasteiger partial charge is 0.302 e. The van der Waals surface area contributed by atoms with Gasteiger partial charge in [0.05, 0.1) is 25.4 Å². The summed E-state index contributed by atoms with van der Waals surface area (Å²) in [6.45, 7) is 12.7. The second-order valence-corrected chi connectivity index (χ2v) is 15.7. The van der Waals surface area contributed by atoms with Crippen LogP contribution in [0.2, 0.25) is 0 Å². The zero-order chi connectivity index (χ0) is 32.1. The highest BCUT2D eigenvalue weighted by atomic mass is 16.7. The maximum Gasteiger partial charge on any atom is 0.302 e. The summed E-state index contributed by atoms with van der Waals surface area (Å²) in [6.07, 6.45) is 1.91. The Bertz CT molecular complexity index is 1210. The van der Waals surface area contributed by atoms with Crippen molar-refractivity contribution < 1.29 is 48.9 Å². The maximum atomic E-state index is 12.5. The zero-order valence-corrected chi connectivity index (χ0v) is 27.1. The normalized spacial score (nSPS) is 54.1. The van der Waals surface area contributed by atoms with Crippen LogP contribution in [0.5, 0.6) is 0 Å². The lowest BCUT2D eigenvalue weighted by Gasteiger charge is -2.60. The average Bonchev–Trinajstić information content (AvgIpc) is 3.44. The summed E-state index contributed by atoms with van der Waals surface area (Å²) in [4.78, 5) is 12.5. The fourth-order valence-electron chi connectivity index (χ4n) is 11.4. The van der Waals surface area contributed by atoms with Gasteiger partial charge in [-0.25, -0.2) is 0 Å². The second-order valence-electron chi connectivity index (χ2n) is 15.7. The molecule has 4 N–H and O–H groups in total. The van der Waals surface area contributed by atoms with Gasteiger partial charge in [0.1, 0.15) is 30.5 Å². The molecule has 7 rings (SSSR count). The number of allylic oxidation sites excluding steroid dienone is 1. The fraction of sp³-hybridized carbons (Fsp3) is 0.857. The van der Waals surface area contributed by atoms with E-state index >= 15 is 0 Å².